The van der Waals surface area contributed by atoms with Gasteiger partial charge in [0, 0.05) is 24.4 Å². The fourth-order valence-corrected chi connectivity index (χ4v) is 3.83. The Morgan fingerprint density at radius 2 is 1.96 bits per heavy atom. The molecule has 0 aliphatic carbocycles. The normalized spacial score (nSPS) is 26.5. The number of carbonyl (C=O) groups is 1. The van der Waals surface area contributed by atoms with Crippen molar-refractivity contribution in [3.05, 3.63) is 42.0 Å². The molecule has 3 heterocycles. The molecule has 0 bridgehead atoms. The number of nitrogens with zero attached hydrogens (tertiary/aromatic N) is 3. The van der Waals surface area contributed by atoms with E-state index in [9.17, 15) is 15.0 Å². The highest BCUT2D eigenvalue weighted by Crippen LogP contribution is 2.46. The van der Waals surface area contributed by atoms with Crippen LogP contribution < -0.4 is 4.90 Å². The highest BCUT2D eigenvalue weighted by atomic mass is 16.5. The van der Waals surface area contributed by atoms with Gasteiger partial charge in [0.25, 0.3) is 0 Å². The number of aromatic nitrogens is 2. The molecule has 7 nitrogen and oxygen atoms in total. The first-order chi connectivity index (χ1) is 12.8. The fourth-order valence-electron chi connectivity index (χ4n) is 3.83. The summed E-state index contributed by atoms with van der Waals surface area (Å²) in [6.45, 7) is 5.32. The Bertz CT molecular complexity index is 881. The van der Waals surface area contributed by atoms with Gasteiger partial charge in [-0.15, -0.1) is 0 Å². The molecule has 1 aromatic heterocycles. The van der Waals surface area contributed by atoms with Gasteiger partial charge < -0.3 is 14.9 Å². The summed E-state index contributed by atoms with van der Waals surface area (Å²) in [6, 6.07) is 5.86. The summed E-state index contributed by atoms with van der Waals surface area (Å²) in [6.07, 6.45) is 1.71. The molecular weight excluding hydrogens is 346 g/mol. The van der Waals surface area contributed by atoms with Gasteiger partial charge in [0.15, 0.2) is 0 Å². The van der Waals surface area contributed by atoms with Gasteiger partial charge in [-0.3, -0.25) is 9.69 Å². The van der Waals surface area contributed by atoms with Crippen LogP contribution in [0.4, 0.5) is 5.69 Å². The SMILES string of the molecule is Cc1ncc(-c2ccc3c(c2)N(C2CC(O)C(CO)O2)C(=O)C3(C)C)cn1. The summed E-state index contributed by atoms with van der Waals surface area (Å²) in [5.41, 5.74) is 2.75. The van der Waals surface area contributed by atoms with E-state index in [0.717, 1.165) is 22.4 Å². The third-order valence-corrected chi connectivity index (χ3v) is 5.47. The highest BCUT2D eigenvalue weighted by molar-refractivity contribution is 6.08. The van der Waals surface area contributed by atoms with E-state index in [2.05, 4.69) is 9.97 Å². The minimum atomic E-state index is -0.798. The lowest BCUT2D eigenvalue weighted by molar-refractivity contribution is -0.125. The maximum atomic E-state index is 13.1. The Morgan fingerprint density at radius 3 is 2.59 bits per heavy atom. The van der Waals surface area contributed by atoms with Crippen LogP contribution in [0, 0.1) is 6.92 Å². The van der Waals surface area contributed by atoms with Gasteiger partial charge in [-0.05, 0) is 38.0 Å². The van der Waals surface area contributed by atoms with Crippen molar-refractivity contribution in [3.63, 3.8) is 0 Å². The van der Waals surface area contributed by atoms with E-state index in [0.29, 0.717) is 5.82 Å². The average Bonchev–Trinajstić information content (AvgIpc) is 3.10. The standard InChI is InChI=1S/C20H23N3O4/c1-11-21-8-13(9-22-11)12-4-5-14-15(6-12)23(19(26)20(14,2)3)18-7-16(25)17(10-24)27-18/h4-6,8-9,16-18,24-25H,7,10H2,1-3H3. The van der Waals surface area contributed by atoms with Gasteiger partial charge in [0.2, 0.25) is 5.91 Å². The summed E-state index contributed by atoms with van der Waals surface area (Å²) in [4.78, 5) is 23.2. The molecule has 1 aromatic carbocycles. The summed E-state index contributed by atoms with van der Waals surface area (Å²) in [5, 5.41) is 19.5. The number of anilines is 1. The number of ether oxygens (including phenoxy) is 1. The Hall–Kier alpha value is -2.35. The molecular formula is C20H23N3O4. The molecule has 0 radical (unpaired) electrons. The number of aliphatic hydroxyl groups is 2. The minimum Gasteiger partial charge on any atom is -0.394 e. The summed E-state index contributed by atoms with van der Waals surface area (Å²) in [5.74, 6) is 0.617. The first-order valence-electron chi connectivity index (χ1n) is 9.04. The van der Waals surface area contributed by atoms with Crippen molar-refractivity contribution in [1.82, 2.24) is 9.97 Å². The van der Waals surface area contributed by atoms with E-state index in [4.69, 9.17) is 4.74 Å². The maximum Gasteiger partial charge on any atom is 0.239 e. The van der Waals surface area contributed by atoms with Crippen LogP contribution in [-0.4, -0.2) is 51.1 Å². The summed E-state index contributed by atoms with van der Waals surface area (Å²) in [7, 11) is 0. The number of hydrogen-bond donors (Lipinski definition) is 2. The molecule has 2 aliphatic rings. The summed E-state index contributed by atoms with van der Waals surface area (Å²) < 4.78 is 5.77. The number of aryl methyl sites for hydroxylation is 1. The molecule has 1 amide bonds. The van der Waals surface area contributed by atoms with Crippen molar-refractivity contribution in [3.8, 4) is 11.1 Å². The smallest absolute Gasteiger partial charge is 0.239 e. The third-order valence-electron chi connectivity index (χ3n) is 5.47. The zero-order valence-electron chi connectivity index (χ0n) is 15.6. The fraction of sp³-hybridized carbons (Fsp3) is 0.450. The van der Waals surface area contributed by atoms with Gasteiger partial charge in [0.05, 0.1) is 23.8 Å². The van der Waals surface area contributed by atoms with Crippen LogP contribution in [0.5, 0.6) is 0 Å². The second kappa shape index (κ2) is 6.37. The number of hydrogen-bond acceptors (Lipinski definition) is 6. The predicted molar refractivity (Wildman–Crippen MR) is 99.1 cm³/mol. The van der Waals surface area contributed by atoms with E-state index < -0.39 is 23.9 Å². The monoisotopic (exact) mass is 369 g/mol. The minimum absolute atomic E-state index is 0.0782. The third kappa shape index (κ3) is 2.82. The molecule has 2 N–H and O–H groups in total. The van der Waals surface area contributed by atoms with Crippen molar-refractivity contribution in [2.75, 3.05) is 11.5 Å². The van der Waals surface area contributed by atoms with Gasteiger partial charge in [0.1, 0.15) is 18.2 Å². The molecule has 3 unspecified atom stereocenters. The lowest BCUT2D eigenvalue weighted by atomic mass is 9.85. The van der Waals surface area contributed by atoms with Gasteiger partial charge in [-0.2, -0.15) is 0 Å². The van der Waals surface area contributed by atoms with Crippen LogP contribution >= 0.6 is 0 Å². The van der Waals surface area contributed by atoms with E-state index in [1.165, 1.54) is 0 Å². The molecule has 4 rings (SSSR count). The van der Waals surface area contributed by atoms with Crippen molar-refractivity contribution in [2.45, 2.75) is 51.0 Å². The van der Waals surface area contributed by atoms with Crippen molar-refractivity contribution < 1.29 is 19.7 Å². The number of amides is 1. The Labute approximate surface area is 157 Å². The van der Waals surface area contributed by atoms with E-state index in [1.807, 2.05) is 39.0 Å². The van der Waals surface area contributed by atoms with Gasteiger partial charge in [-0.1, -0.05) is 12.1 Å². The molecule has 27 heavy (non-hydrogen) atoms. The molecule has 0 saturated carbocycles. The largest absolute Gasteiger partial charge is 0.394 e. The Balaban J connectivity index is 1.77. The molecule has 7 heteroatoms. The van der Waals surface area contributed by atoms with Crippen LogP contribution in [0.1, 0.15) is 31.7 Å². The number of carbonyl (C=O) groups excluding carboxylic acids is 1. The van der Waals surface area contributed by atoms with Crippen LogP contribution in [-0.2, 0) is 14.9 Å². The van der Waals surface area contributed by atoms with Gasteiger partial charge >= 0.3 is 0 Å². The van der Waals surface area contributed by atoms with Crippen LogP contribution in [0.25, 0.3) is 11.1 Å². The lowest BCUT2D eigenvalue weighted by Crippen LogP contribution is -2.43. The lowest BCUT2D eigenvalue weighted by Gasteiger charge is -2.26. The van der Waals surface area contributed by atoms with Crippen molar-refractivity contribution in [2.24, 2.45) is 0 Å². The van der Waals surface area contributed by atoms with Crippen molar-refractivity contribution in [1.29, 1.82) is 0 Å². The molecule has 142 valence electrons. The number of fused-ring (bicyclic) bond motifs is 1. The Morgan fingerprint density at radius 1 is 1.26 bits per heavy atom. The number of rotatable bonds is 3. The van der Waals surface area contributed by atoms with Crippen LogP contribution in [0.2, 0.25) is 0 Å². The topological polar surface area (TPSA) is 95.8 Å². The molecule has 2 aliphatic heterocycles. The maximum absolute atomic E-state index is 13.1. The summed E-state index contributed by atoms with van der Waals surface area (Å²) >= 11 is 0. The quantitative estimate of drug-likeness (QED) is 0.852. The molecule has 3 atom stereocenters. The average molecular weight is 369 g/mol. The number of benzene rings is 1. The van der Waals surface area contributed by atoms with Crippen molar-refractivity contribution >= 4 is 11.6 Å². The second-order valence-corrected chi connectivity index (χ2v) is 7.67. The Kier molecular flexibility index (Phi) is 4.25. The number of aliphatic hydroxyl groups excluding tert-OH is 2. The predicted octanol–water partition coefficient (Wildman–Crippen LogP) is 1.54. The second-order valence-electron chi connectivity index (χ2n) is 7.67. The van der Waals surface area contributed by atoms with Gasteiger partial charge in [-0.25, -0.2) is 9.97 Å². The van der Waals surface area contributed by atoms with E-state index >= 15 is 0 Å². The molecule has 0 spiro atoms. The molecule has 1 saturated heterocycles. The zero-order chi connectivity index (χ0) is 19.3. The van der Waals surface area contributed by atoms with Crippen LogP contribution in [0.15, 0.2) is 30.6 Å². The first kappa shape index (κ1) is 18.0. The zero-order valence-corrected chi connectivity index (χ0v) is 15.6. The van der Waals surface area contributed by atoms with Crippen LogP contribution in [0.3, 0.4) is 0 Å². The first-order valence-corrected chi connectivity index (χ1v) is 9.04. The molecule has 2 aromatic rings. The molecule has 1 fully saturated rings. The highest BCUT2D eigenvalue weighted by Gasteiger charge is 2.49. The van der Waals surface area contributed by atoms with E-state index in [-0.39, 0.29) is 18.9 Å². The van der Waals surface area contributed by atoms with E-state index in [1.54, 1.807) is 17.3 Å².